The van der Waals surface area contributed by atoms with Crippen LogP contribution in [0.4, 0.5) is 10.5 Å². The van der Waals surface area contributed by atoms with E-state index in [-0.39, 0.29) is 11.9 Å². The van der Waals surface area contributed by atoms with Crippen molar-refractivity contribution in [1.82, 2.24) is 5.32 Å². The van der Waals surface area contributed by atoms with Gasteiger partial charge in [0.1, 0.15) is 5.75 Å². The molecule has 0 saturated heterocycles. The Bertz CT molecular complexity index is 758. The predicted octanol–water partition coefficient (Wildman–Crippen LogP) is 3.51. The second-order valence-corrected chi connectivity index (χ2v) is 5.62. The lowest BCUT2D eigenvalue weighted by atomic mass is 10.00. The molecule has 0 radical (unpaired) electrons. The number of hydrogen-bond donors (Lipinski definition) is 2. The molecule has 1 heterocycles. The number of anilines is 1. The number of fused-ring (bicyclic) bond motifs is 1. The third-order valence-corrected chi connectivity index (χ3v) is 3.93. The van der Waals surface area contributed by atoms with Crippen molar-refractivity contribution in [1.29, 1.82) is 0 Å². The van der Waals surface area contributed by atoms with E-state index < -0.39 is 6.09 Å². The number of amides is 2. The Labute approximate surface area is 146 Å². The van der Waals surface area contributed by atoms with Crippen molar-refractivity contribution in [2.45, 2.75) is 19.4 Å². The monoisotopic (exact) mass is 340 g/mol. The highest BCUT2D eigenvalue weighted by Gasteiger charge is 2.23. The summed E-state index contributed by atoms with van der Waals surface area (Å²) >= 11 is 0. The van der Waals surface area contributed by atoms with Crippen molar-refractivity contribution in [3.05, 3.63) is 59.7 Å². The highest BCUT2D eigenvalue weighted by Crippen LogP contribution is 2.31. The van der Waals surface area contributed by atoms with E-state index in [1.807, 2.05) is 24.3 Å². The van der Waals surface area contributed by atoms with Gasteiger partial charge in [-0.2, -0.15) is 0 Å². The van der Waals surface area contributed by atoms with E-state index in [2.05, 4.69) is 10.6 Å². The topological polar surface area (TPSA) is 76.7 Å². The molecule has 130 valence electrons. The van der Waals surface area contributed by atoms with Crippen molar-refractivity contribution < 1.29 is 19.1 Å². The Hall–Kier alpha value is -3.02. The second kappa shape index (κ2) is 7.70. The zero-order valence-corrected chi connectivity index (χ0v) is 14.0. The first kappa shape index (κ1) is 16.8. The van der Waals surface area contributed by atoms with Crippen LogP contribution in [-0.2, 0) is 4.74 Å². The number of rotatable bonds is 4. The first-order chi connectivity index (χ1) is 12.2. The van der Waals surface area contributed by atoms with Crippen molar-refractivity contribution in [2.24, 2.45) is 0 Å². The average molecular weight is 340 g/mol. The molecular formula is C19H20N2O4. The number of carbonyl (C=O) groups excluding carboxylic acids is 2. The standard InChI is InChI=1S/C19H20N2O4/c1-2-24-19(23)20-14-9-7-13(8-10-14)18(22)21-16-11-12-25-17-6-4-3-5-15(16)17/h3-10,16H,2,11-12H2,1H3,(H,20,23)(H,21,22)/t16-/m0/s1. The van der Waals surface area contributed by atoms with Gasteiger partial charge in [0, 0.05) is 23.2 Å². The molecule has 2 amide bonds. The van der Waals surface area contributed by atoms with Gasteiger partial charge in [-0.15, -0.1) is 0 Å². The largest absolute Gasteiger partial charge is 0.493 e. The van der Waals surface area contributed by atoms with Crippen LogP contribution in [0, 0.1) is 0 Å². The summed E-state index contributed by atoms with van der Waals surface area (Å²) in [6.07, 6.45) is 0.212. The molecule has 2 N–H and O–H groups in total. The fourth-order valence-corrected chi connectivity index (χ4v) is 2.72. The van der Waals surface area contributed by atoms with E-state index in [0.717, 1.165) is 17.7 Å². The maximum atomic E-state index is 12.5. The SMILES string of the molecule is CCOC(=O)Nc1ccc(C(=O)N[C@H]2CCOc3ccccc32)cc1. The molecule has 0 bridgehead atoms. The van der Waals surface area contributed by atoms with Gasteiger partial charge >= 0.3 is 6.09 Å². The fourth-order valence-electron chi connectivity index (χ4n) is 2.72. The number of hydrogen-bond acceptors (Lipinski definition) is 4. The summed E-state index contributed by atoms with van der Waals surface area (Å²) in [5.41, 5.74) is 2.09. The summed E-state index contributed by atoms with van der Waals surface area (Å²) in [7, 11) is 0. The molecule has 2 aromatic carbocycles. The van der Waals surface area contributed by atoms with Crippen LogP contribution in [0.1, 0.15) is 35.3 Å². The highest BCUT2D eigenvalue weighted by atomic mass is 16.5. The molecule has 0 aromatic heterocycles. The predicted molar refractivity (Wildman–Crippen MR) is 93.8 cm³/mol. The van der Waals surface area contributed by atoms with Gasteiger partial charge in [-0.05, 0) is 37.3 Å². The maximum absolute atomic E-state index is 12.5. The molecule has 3 rings (SSSR count). The Kier molecular flexibility index (Phi) is 5.18. The summed E-state index contributed by atoms with van der Waals surface area (Å²) in [6, 6.07) is 14.3. The van der Waals surface area contributed by atoms with Crippen molar-refractivity contribution in [3.8, 4) is 5.75 Å². The van der Waals surface area contributed by atoms with Gasteiger partial charge in [0.15, 0.2) is 0 Å². The molecule has 0 saturated carbocycles. The van der Waals surface area contributed by atoms with E-state index in [0.29, 0.717) is 24.5 Å². The van der Waals surface area contributed by atoms with Gasteiger partial charge in [-0.1, -0.05) is 18.2 Å². The van der Waals surface area contributed by atoms with Crippen molar-refractivity contribution in [3.63, 3.8) is 0 Å². The molecule has 1 aliphatic heterocycles. The van der Waals surface area contributed by atoms with Gasteiger partial charge in [-0.3, -0.25) is 10.1 Å². The summed E-state index contributed by atoms with van der Waals surface area (Å²) in [6.45, 7) is 2.62. The number of benzene rings is 2. The summed E-state index contributed by atoms with van der Waals surface area (Å²) in [4.78, 5) is 23.9. The number of carbonyl (C=O) groups is 2. The van der Waals surface area contributed by atoms with Crippen LogP contribution in [0.25, 0.3) is 0 Å². The second-order valence-electron chi connectivity index (χ2n) is 5.62. The Morgan fingerprint density at radius 3 is 2.68 bits per heavy atom. The molecule has 0 spiro atoms. The minimum absolute atomic E-state index is 0.0743. The normalized spacial score (nSPS) is 15.5. The molecule has 0 aliphatic carbocycles. The molecule has 1 atom stereocenters. The van der Waals surface area contributed by atoms with Gasteiger partial charge in [0.25, 0.3) is 5.91 Å². The van der Waals surface area contributed by atoms with E-state index in [9.17, 15) is 9.59 Å². The maximum Gasteiger partial charge on any atom is 0.411 e. The van der Waals surface area contributed by atoms with E-state index in [1.54, 1.807) is 31.2 Å². The fraction of sp³-hybridized carbons (Fsp3) is 0.263. The van der Waals surface area contributed by atoms with Gasteiger partial charge in [-0.25, -0.2) is 4.79 Å². The minimum atomic E-state index is -0.515. The molecule has 1 aliphatic rings. The average Bonchev–Trinajstić information content (AvgIpc) is 2.63. The van der Waals surface area contributed by atoms with Crippen LogP contribution in [0.15, 0.2) is 48.5 Å². The first-order valence-electron chi connectivity index (χ1n) is 8.24. The van der Waals surface area contributed by atoms with Crippen LogP contribution in [0.5, 0.6) is 5.75 Å². The van der Waals surface area contributed by atoms with Crippen LogP contribution in [0.2, 0.25) is 0 Å². The molecule has 6 heteroatoms. The van der Waals surface area contributed by atoms with E-state index >= 15 is 0 Å². The minimum Gasteiger partial charge on any atom is -0.493 e. The van der Waals surface area contributed by atoms with E-state index in [1.165, 1.54) is 0 Å². The quantitative estimate of drug-likeness (QED) is 0.893. The molecule has 0 fully saturated rings. The van der Waals surface area contributed by atoms with Crippen LogP contribution < -0.4 is 15.4 Å². The van der Waals surface area contributed by atoms with Crippen LogP contribution in [-0.4, -0.2) is 25.2 Å². The molecular weight excluding hydrogens is 320 g/mol. The molecule has 6 nitrogen and oxygen atoms in total. The third kappa shape index (κ3) is 4.09. The number of para-hydroxylation sites is 1. The molecule has 2 aromatic rings. The van der Waals surface area contributed by atoms with Gasteiger partial charge < -0.3 is 14.8 Å². The lowest BCUT2D eigenvalue weighted by molar-refractivity contribution is 0.0925. The number of nitrogens with one attached hydrogen (secondary N) is 2. The zero-order valence-electron chi connectivity index (χ0n) is 14.0. The summed E-state index contributed by atoms with van der Waals surface area (Å²) in [5, 5.41) is 5.63. The van der Waals surface area contributed by atoms with Crippen molar-refractivity contribution >= 4 is 17.7 Å². The van der Waals surface area contributed by atoms with Crippen LogP contribution in [0.3, 0.4) is 0 Å². The first-order valence-corrected chi connectivity index (χ1v) is 8.24. The van der Waals surface area contributed by atoms with Gasteiger partial charge in [0.05, 0.1) is 19.3 Å². The lowest BCUT2D eigenvalue weighted by Gasteiger charge is -2.26. The zero-order chi connectivity index (χ0) is 17.6. The van der Waals surface area contributed by atoms with Gasteiger partial charge in [0.2, 0.25) is 0 Å². The number of ether oxygens (including phenoxy) is 2. The summed E-state index contributed by atoms with van der Waals surface area (Å²) < 4.78 is 10.4. The van der Waals surface area contributed by atoms with E-state index in [4.69, 9.17) is 9.47 Å². The molecule has 25 heavy (non-hydrogen) atoms. The van der Waals surface area contributed by atoms with Crippen LogP contribution >= 0.6 is 0 Å². The summed E-state index contributed by atoms with van der Waals surface area (Å²) in [5.74, 6) is 0.650. The third-order valence-electron chi connectivity index (χ3n) is 3.93. The molecule has 0 unspecified atom stereocenters. The Morgan fingerprint density at radius 1 is 1.16 bits per heavy atom. The highest BCUT2D eigenvalue weighted by molar-refractivity contribution is 5.95. The lowest BCUT2D eigenvalue weighted by Crippen LogP contribution is -2.32. The Morgan fingerprint density at radius 2 is 1.92 bits per heavy atom. The Balaban J connectivity index is 1.65. The van der Waals surface area contributed by atoms with Crippen molar-refractivity contribution in [2.75, 3.05) is 18.5 Å². The smallest absolute Gasteiger partial charge is 0.411 e.